The van der Waals surface area contributed by atoms with Crippen LogP contribution >= 0.6 is 7.60 Å². The molecule has 2 unspecified atom stereocenters. The standard InChI is InChI=1S/C19H22NO6P/c1-15(20-19(22)24-13-17-9-5-3-6-10-17)27(23,26-16(2)21)25-14-18-11-7-4-8-12-18/h3-12,15H,13-14H2,1-2H3,(H,20,22). The van der Waals surface area contributed by atoms with E-state index < -0.39 is 25.4 Å². The fourth-order valence-electron chi connectivity index (χ4n) is 2.15. The van der Waals surface area contributed by atoms with E-state index in [9.17, 15) is 14.2 Å². The van der Waals surface area contributed by atoms with Crippen molar-refractivity contribution < 1.29 is 27.9 Å². The van der Waals surface area contributed by atoms with E-state index in [4.69, 9.17) is 13.8 Å². The van der Waals surface area contributed by atoms with Crippen molar-refractivity contribution >= 4 is 19.7 Å². The molecule has 8 heteroatoms. The molecule has 2 aromatic carbocycles. The lowest BCUT2D eigenvalue weighted by Crippen LogP contribution is -2.34. The molecule has 0 fully saturated rings. The second kappa shape index (κ2) is 9.90. The molecule has 0 aromatic heterocycles. The molecule has 1 amide bonds. The van der Waals surface area contributed by atoms with Crippen LogP contribution in [0.1, 0.15) is 25.0 Å². The Bertz CT molecular complexity index is 796. The number of carbonyl (C=O) groups excluding carboxylic acids is 2. The smallest absolute Gasteiger partial charge is 0.408 e. The van der Waals surface area contributed by atoms with E-state index in [2.05, 4.69) is 5.32 Å². The highest BCUT2D eigenvalue weighted by molar-refractivity contribution is 7.55. The Kier molecular flexibility index (Phi) is 7.58. The van der Waals surface area contributed by atoms with Gasteiger partial charge in [-0.3, -0.25) is 9.32 Å². The Balaban J connectivity index is 1.96. The summed E-state index contributed by atoms with van der Waals surface area (Å²) in [4.78, 5) is 23.3. The highest BCUT2D eigenvalue weighted by Gasteiger charge is 2.37. The van der Waals surface area contributed by atoms with E-state index in [1.165, 1.54) is 6.92 Å². The minimum atomic E-state index is -3.94. The second-order valence-electron chi connectivity index (χ2n) is 5.76. The number of carbonyl (C=O) groups is 2. The number of ether oxygens (including phenoxy) is 1. The lowest BCUT2D eigenvalue weighted by Gasteiger charge is -2.23. The average molecular weight is 391 g/mol. The van der Waals surface area contributed by atoms with E-state index in [0.717, 1.165) is 18.1 Å². The monoisotopic (exact) mass is 391 g/mol. The number of alkyl carbamates (subject to hydrolysis) is 1. The quantitative estimate of drug-likeness (QED) is 0.677. The molecule has 0 bridgehead atoms. The number of benzene rings is 2. The zero-order valence-corrected chi connectivity index (χ0v) is 16.1. The van der Waals surface area contributed by atoms with E-state index in [0.29, 0.717) is 0 Å². The van der Waals surface area contributed by atoms with Gasteiger partial charge in [-0.2, -0.15) is 0 Å². The molecule has 0 aliphatic rings. The van der Waals surface area contributed by atoms with Gasteiger partial charge >= 0.3 is 19.7 Å². The third kappa shape index (κ3) is 6.89. The fraction of sp³-hybridized carbons (Fsp3) is 0.263. The first kappa shape index (κ1) is 20.7. The Labute approximate surface area is 158 Å². The Morgan fingerprint density at radius 2 is 1.48 bits per heavy atom. The lowest BCUT2D eigenvalue weighted by molar-refractivity contribution is -0.132. The molecule has 0 radical (unpaired) electrons. The van der Waals surface area contributed by atoms with E-state index in [1.54, 1.807) is 24.3 Å². The topological polar surface area (TPSA) is 90.9 Å². The Hall–Kier alpha value is -2.63. The molecular weight excluding hydrogens is 369 g/mol. The molecule has 1 N–H and O–H groups in total. The molecule has 0 saturated heterocycles. The fourth-order valence-corrected chi connectivity index (χ4v) is 3.53. The highest BCUT2D eigenvalue weighted by Crippen LogP contribution is 2.52. The zero-order valence-electron chi connectivity index (χ0n) is 15.2. The van der Waals surface area contributed by atoms with Crippen LogP contribution in [0, 0.1) is 0 Å². The SMILES string of the molecule is CC(=O)OP(=O)(OCc1ccccc1)C(C)NC(=O)OCc1ccccc1. The molecule has 2 aromatic rings. The minimum Gasteiger partial charge on any atom is -0.445 e. The predicted octanol–water partition coefficient (Wildman–Crippen LogP) is 4.23. The normalized spacial score (nSPS) is 13.9. The van der Waals surface area contributed by atoms with Crippen LogP contribution in [0.2, 0.25) is 0 Å². The van der Waals surface area contributed by atoms with E-state index in [-0.39, 0.29) is 13.2 Å². The van der Waals surface area contributed by atoms with Gasteiger partial charge in [0.05, 0.1) is 6.61 Å². The molecule has 0 aliphatic heterocycles. The minimum absolute atomic E-state index is 0.0313. The van der Waals surface area contributed by atoms with Crippen molar-refractivity contribution in [3.05, 3.63) is 71.8 Å². The lowest BCUT2D eigenvalue weighted by atomic mass is 10.2. The molecule has 2 rings (SSSR count). The van der Waals surface area contributed by atoms with Crippen LogP contribution < -0.4 is 5.32 Å². The Morgan fingerprint density at radius 3 is 2.00 bits per heavy atom. The van der Waals surface area contributed by atoms with Crippen molar-refractivity contribution in [3.63, 3.8) is 0 Å². The van der Waals surface area contributed by atoms with Crippen molar-refractivity contribution in [1.82, 2.24) is 5.32 Å². The summed E-state index contributed by atoms with van der Waals surface area (Å²) in [5.74, 6) is -1.84. The maximum absolute atomic E-state index is 13.0. The van der Waals surface area contributed by atoms with Gasteiger partial charge in [0.15, 0.2) is 0 Å². The maximum atomic E-state index is 13.0. The molecule has 144 valence electrons. The van der Waals surface area contributed by atoms with Gasteiger partial charge in [-0.1, -0.05) is 60.7 Å². The summed E-state index contributed by atoms with van der Waals surface area (Å²) in [6.07, 6.45) is -0.790. The third-order valence-corrected chi connectivity index (χ3v) is 5.60. The van der Waals surface area contributed by atoms with E-state index >= 15 is 0 Å². The average Bonchev–Trinajstić information content (AvgIpc) is 2.66. The van der Waals surface area contributed by atoms with E-state index in [1.807, 2.05) is 36.4 Å². The predicted molar refractivity (Wildman–Crippen MR) is 99.8 cm³/mol. The van der Waals surface area contributed by atoms with Crippen LogP contribution in [-0.4, -0.2) is 17.8 Å². The van der Waals surface area contributed by atoms with Gasteiger partial charge in [-0.05, 0) is 18.1 Å². The van der Waals surface area contributed by atoms with Crippen LogP contribution in [0.3, 0.4) is 0 Å². The summed E-state index contributed by atoms with van der Waals surface area (Å²) in [6.45, 7) is 2.58. The molecule has 7 nitrogen and oxygen atoms in total. The van der Waals surface area contributed by atoms with Crippen LogP contribution in [0.25, 0.3) is 0 Å². The van der Waals surface area contributed by atoms with Crippen LogP contribution in [0.4, 0.5) is 4.79 Å². The van der Waals surface area contributed by atoms with Crippen LogP contribution in [0.5, 0.6) is 0 Å². The number of rotatable bonds is 8. The van der Waals surface area contributed by atoms with Crippen molar-refractivity contribution in [1.29, 1.82) is 0 Å². The van der Waals surface area contributed by atoms with Crippen molar-refractivity contribution in [3.8, 4) is 0 Å². The number of nitrogens with one attached hydrogen (secondary N) is 1. The van der Waals surface area contributed by atoms with Gasteiger partial charge in [0.25, 0.3) is 0 Å². The largest absolute Gasteiger partial charge is 0.445 e. The summed E-state index contributed by atoms with van der Waals surface area (Å²) in [5, 5.41) is 2.41. The third-order valence-electron chi connectivity index (χ3n) is 3.52. The summed E-state index contributed by atoms with van der Waals surface area (Å²) < 4.78 is 28.4. The number of hydrogen-bond donors (Lipinski definition) is 1. The summed E-state index contributed by atoms with van der Waals surface area (Å²) in [7, 11) is -3.94. The molecular formula is C19H22NO6P. The summed E-state index contributed by atoms with van der Waals surface area (Å²) in [5.41, 5.74) is 1.56. The highest BCUT2D eigenvalue weighted by atomic mass is 31.2. The summed E-state index contributed by atoms with van der Waals surface area (Å²) >= 11 is 0. The maximum Gasteiger partial charge on any atom is 0.408 e. The molecule has 0 saturated carbocycles. The molecule has 0 heterocycles. The molecule has 27 heavy (non-hydrogen) atoms. The molecule has 2 atom stereocenters. The molecule has 0 aliphatic carbocycles. The van der Waals surface area contributed by atoms with Gasteiger partial charge in [0, 0.05) is 6.92 Å². The van der Waals surface area contributed by atoms with Crippen molar-refractivity contribution in [2.24, 2.45) is 0 Å². The Morgan fingerprint density at radius 1 is 0.963 bits per heavy atom. The van der Waals surface area contributed by atoms with Gasteiger partial charge in [0.1, 0.15) is 12.4 Å². The first-order valence-electron chi connectivity index (χ1n) is 8.34. The van der Waals surface area contributed by atoms with Gasteiger partial charge < -0.3 is 14.6 Å². The van der Waals surface area contributed by atoms with Crippen molar-refractivity contribution in [2.45, 2.75) is 32.8 Å². The first-order valence-corrected chi connectivity index (χ1v) is 9.96. The molecule has 0 spiro atoms. The van der Waals surface area contributed by atoms with Gasteiger partial charge in [-0.15, -0.1) is 0 Å². The van der Waals surface area contributed by atoms with Crippen LogP contribution in [0.15, 0.2) is 60.7 Å². The summed E-state index contributed by atoms with van der Waals surface area (Å²) in [6, 6.07) is 18.1. The van der Waals surface area contributed by atoms with Gasteiger partial charge in [-0.25, -0.2) is 9.36 Å². The van der Waals surface area contributed by atoms with Crippen molar-refractivity contribution in [2.75, 3.05) is 0 Å². The van der Waals surface area contributed by atoms with Gasteiger partial charge in [0.2, 0.25) is 0 Å². The zero-order chi connectivity index (χ0) is 19.7. The number of hydrogen-bond acceptors (Lipinski definition) is 6. The second-order valence-corrected chi connectivity index (χ2v) is 8.06. The van der Waals surface area contributed by atoms with Crippen LogP contribution in [-0.2, 0) is 36.4 Å². The first-order chi connectivity index (χ1) is 12.9. The number of amides is 1.